The summed E-state index contributed by atoms with van der Waals surface area (Å²) in [6.45, 7) is 0.0992. The first-order valence-corrected chi connectivity index (χ1v) is 9.95. The van der Waals surface area contributed by atoms with Gasteiger partial charge in [-0.1, -0.05) is 51.8 Å². The van der Waals surface area contributed by atoms with Crippen molar-refractivity contribution in [2.75, 3.05) is 0 Å². The Labute approximate surface area is 180 Å². The average Bonchev–Trinajstić information content (AvgIpc) is 3.31. The van der Waals surface area contributed by atoms with Crippen LogP contribution in [-0.2, 0) is 16.1 Å². The molecule has 0 unspecified atom stereocenters. The van der Waals surface area contributed by atoms with Crippen molar-refractivity contribution in [2.45, 2.75) is 12.6 Å². The molecule has 0 radical (unpaired) electrons. The predicted octanol–water partition coefficient (Wildman–Crippen LogP) is 5.32. The molecular formula is C22H15BrClNO4. The van der Waals surface area contributed by atoms with E-state index in [2.05, 4.69) is 15.9 Å². The topological polar surface area (TPSA) is 70.8 Å². The van der Waals surface area contributed by atoms with Gasteiger partial charge < -0.3 is 14.4 Å². The molecule has 1 atom stereocenters. The quantitative estimate of drug-likeness (QED) is 0.317. The first kappa shape index (κ1) is 19.5. The molecule has 146 valence electrons. The van der Waals surface area contributed by atoms with Gasteiger partial charge >= 0.3 is 0 Å². The van der Waals surface area contributed by atoms with Gasteiger partial charge in [0.15, 0.2) is 0 Å². The number of halogens is 2. The van der Waals surface area contributed by atoms with Crippen molar-refractivity contribution in [1.29, 1.82) is 0 Å². The number of aliphatic hydroxyl groups is 1. The fraction of sp³-hybridized carbons (Fsp3) is 0.0909. The van der Waals surface area contributed by atoms with Crippen LogP contribution in [0, 0.1) is 0 Å². The maximum Gasteiger partial charge on any atom is 0.296 e. The highest BCUT2D eigenvalue weighted by molar-refractivity contribution is 9.10. The van der Waals surface area contributed by atoms with Gasteiger partial charge in [0.25, 0.3) is 11.7 Å². The normalized spacial score (nSPS) is 18.4. The molecule has 2 heterocycles. The smallest absolute Gasteiger partial charge is 0.296 e. The number of likely N-dealkylation sites (tertiary alicyclic amines) is 1. The summed E-state index contributed by atoms with van der Waals surface area (Å²) in [5, 5.41) is 11.5. The number of benzene rings is 2. The van der Waals surface area contributed by atoms with Gasteiger partial charge in [0.2, 0.25) is 0 Å². The van der Waals surface area contributed by atoms with Gasteiger partial charge in [-0.25, -0.2) is 0 Å². The van der Waals surface area contributed by atoms with E-state index in [0.29, 0.717) is 21.9 Å². The largest absolute Gasteiger partial charge is 0.507 e. The summed E-state index contributed by atoms with van der Waals surface area (Å²) >= 11 is 9.36. The molecule has 1 saturated heterocycles. The minimum Gasteiger partial charge on any atom is -0.507 e. The first-order valence-electron chi connectivity index (χ1n) is 8.78. The maximum atomic E-state index is 12.9. The van der Waals surface area contributed by atoms with Crippen LogP contribution in [0.4, 0.5) is 0 Å². The zero-order chi connectivity index (χ0) is 20.5. The third-order valence-corrected chi connectivity index (χ3v) is 5.53. The summed E-state index contributed by atoms with van der Waals surface area (Å²) in [4.78, 5) is 27.1. The van der Waals surface area contributed by atoms with Gasteiger partial charge in [-0.05, 0) is 42.0 Å². The second kappa shape index (κ2) is 7.89. The van der Waals surface area contributed by atoms with Crippen LogP contribution in [0.2, 0.25) is 5.02 Å². The highest BCUT2D eigenvalue weighted by atomic mass is 79.9. The lowest BCUT2D eigenvalue weighted by molar-refractivity contribution is -0.140. The molecule has 1 fully saturated rings. The summed E-state index contributed by atoms with van der Waals surface area (Å²) in [6.07, 6.45) is 1.51. The maximum absolute atomic E-state index is 12.9. The fourth-order valence-electron chi connectivity index (χ4n) is 3.37. The van der Waals surface area contributed by atoms with Gasteiger partial charge in [0.1, 0.15) is 11.5 Å². The zero-order valence-electron chi connectivity index (χ0n) is 15.0. The lowest BCUT2D eigenvalue weighted by Gasteiger charge is -2.24. The van der Waals surface area contributed by atoms with Gasteiger partial charge in [0, 0.05) is 15.1 Å². The molecule has 1 amide bonds. The van der Waals surface area contributed by atoms with Crippen molar-refractivity contribution < 1.29 is 19.1 Å². The summed E-state index contributed by atoms with van der Waals surface area (Å²) < 4.78 is 6.20. The summed E-state index contributed by atoms with van der Waals surface area (Å²) in [6, 6.07) is 16.4. The Balaban J connectivity index is 1.86. The molecule has 3 aromatic rings. The SMILES string of the molecule is O=C1C(=O)N(Cc2ccco2)[C@H](c2ccc(Cl)cc2)C1=C(O)c1ccc(Br)cc1. The summed E-state index contributed by atoms with van der Waals surface area (Å²) in [7, 11) is 0. The van der Waals surface area contributed by atoms with E-state index in [1.54, 1.807) is 60.7 Å². The summed E-state index contributed by atoms with van der Waals surface area (Å²) in [5.41, 5.74) is 1.15. The summed E-state index contributed by atoms with van der Waals surface area (Å²) in [5.74, 6) is -1.12. The Morgan fingerprint density at radius 2 is 1.76 bits per heavy atom. The molecule has 0 aliphatic carbocycles. The number of hydrogen-bond acceptors (Lipinski definition) is 4. The van der Waals surface area contributed by atoms with E-state index in [1.165, 1.54) is 11.2 Å². The molecule has 1 aromatic heterocycles. The Bertz CT molecular complexity index is 1090. The number of carbonyl (C=O) groups is 2. The number of rotatable bonds is 4. The number of nitrogens with zero attached hydrogens (tertiary/aromatic N) is 1. The van der Waals surface area contributed by atoms with E-state index in [9.17, 15) is 14.7 Å². The van der Waals surface area contributed by atoms with Crippen molar-refractivity contribution in [1.82, 2.24) is 4.90 Å². The van der Waals surface area contributed by atoms with Crippen LogP contribution >= 0.6 is 27.5 Å². The van der Waals surface area contributed by atoms with Crippen LogP contribution in [-0.4, -0.2) is 21.7 Å². The van der Waals surface area contributed by atoms with Crippen molar-refractivity contribution in [3.8, 4) is 0 Å². The van der Waals surface area contributed by atoms with Crippen LogP contribution in [0.25, 0.3) is 5.76 Å². The van der Waals surface area contributed by atoms with E-state index in [4.69, 9.17) is 16.0 Å². The lowest BCUT2D eigenvalue weighted by atomic mass is 9.95. The second-order valence-electron chi connectivity index (χ2n) is 6.56. The number of aliphatic hydroxyl groups excluding tert-OH is 1. The molecule has 5 nitrogen and oxygen atoms in total. The lowest BCUT2D eigenvalue weighted by Crippen LogP contribution is -2.29. The van der Waals surface area contributed by atoms with Crippen LogP contribution < -0.4 is 0 Å². The van der Waals surface area contributed by atoms with Crippen molar-refractivity contribution >= 4 is 45.0 Å². The van der Waals surface area contributed by atoms with E-state index < -0.39 is 17.7 Å². The van der Waals surface area contributed by atoms with E-state index in [-0.39, 0.29) is 17.9 Å². The van der Waals surface area contributed by atoms with E-state index in [1.807, 2.05) is 0 Å². The molecule has 1 aliphatic heterocycles. The Hall–Kier alpha value is -2.83. The molecule has 29 heavy (non-hydrogen) atoms. The van der Waals surface area contributed by atoms with Crippen molar-refractivity contribution in [3.63, 3.8) is 0 Å². The molecule has 0 bridgehead atoms. The van der Waals surface area contributed by atoms with Crippen LogP contribution in [0.3, 0.4) is 0 Å². The highest BCUT2D eigenvalue weighted by Crippen LogP contribution is 2.40. The third-order valence-electron chi connectivity index (χ3n) is 4.75. The minimum absolute atomic E-state index is 0.0335. The average molecular weight is 473 g/mol. The van der Waals surface area contributed by atoms with Crippen LogP contribution in [0.1, 0.15) is 22.9 Å². The van der Waals surface area contributed by atoms with Crippen LogP contribution in [0.15, 0.2) is 81.4 Å². The predicted molar refractivity (Wildman–Crippen MR) is 112 cm³/mol. The number of ketones is 1. The Kier molecular flexibility index (Phi) is 5.30. The number of carbonyl (C=O) groups excluding carboxylic acids is 2. The molecule has 0 saturated carbocycles. The first-order chi connectivity index (χ1) is 14.0. The monoisotopic (exact) mass is 471 g/mol. The van der Waals surface area contributed by atoms with E-state index in [0.717, 1.165) is 4.47 Å². The molecule has 4 rings (SSSR count). The Morgan fingerprint density at radius 1 is 1.07 bits per heavy atom. The van der Waals surface area contributed by atoms with Gasteiger partial charge in [-0.3, -0.25) is 9.59 Å². The zero-order valence-corrected chi connectivity index (χ0v) is 17.4. The standard InChI is InChI=1S/C22H15BrClNO4/c23-15-7-3-14(4-8-15)20(26)18-19(13-5-9-16(24)10-6-13)25(22(28)21(18)27)12-17-2-1-11-29-17/h1-11,19,26H,12H2/t19-/m1/s1. The fourth-order valence-corrected chi connectivity index (χ4v) is 3.76. The van der Waals surface area contributed by atoms with Crippen LogP contribution in [0.5, 0.6) is 0 Å². The van der Waals surface area contributed by atoms with E-state index >= 15 is 0 Å². The molecule has 0 spiro atoms. The van der Waals surface area contributed by atoms with Gasteiger partial charge in [-0.15, -0.1) is 0 Å². The van der Waals surface area contributed by atoms with Crippen molar-refractivity contribution in [2.24, 2.45) is 0 Å². The molecule has 1 N–H and O–H groups in total. The highest BCUT2D eigenvalue weighted by Gasteiger charge is 2.46. The molecule has 1 aliphatic rings. The molecule has 7 heteroatoms. The number of furan rings is 1. The number of hydrogen-bond donors (Lipinski definition) is 1. The van der Waals surface area contributed by atoms with Gasteiger partial charge in [-0.2, -0.15) is 0 Å². The molecular weight excluding hydrogens is 458 g/mol. The number of Topliss-reactive ketones (excluding diaryl/α,β-unsaturated/α-hetero) is 1. The van der Waals surface area contributed by atoms with Gasteiger partial charge in [0.05, 0.1) is 24.4 Å². The molecule has 2 aromatic carbocycles. The Morgan fingerprint density at radius 3 is 2.38 bits per heavy atom. The second-order valence-corrected chi connectivity index (χ2v) is 7.92. The third kappa shape index (κ3) is 3.73. The van der Waals surface area contributed by atoms with Crippen molar-refractivity contribution in [3.05, 3.63) is 98.9 Å². The number of amides is 1. The minimum atomic E-state index is -0.763.